The van der Waals surface area contributed by atoms with Crippen LogP contribution in [0.3, 0.4) is 0 Å². The average molecular weight is 837 g/mol. The molecule has 3 aliphatic heterocycles. The Bertz CT molecular complexity index is 2300. The van der Waals surface area contributed by atoms with Crippen LogP contribution >= 0.6 is 11.6 Å². The van der Waals surface area contributed by atoms with Crippen molar-refractivity contribution < 1.29 is 33.4 Å². The Balaban J connectivity index is 0.885. The van der Waals surface area contributed by atoms with Crippen LogP contribution < -0.4 is 20.1 Å². The van der Waals surface area contributed by atoms with Crippen molar-refractivity contribution in [1.29, 1.82) is 5.26 Å². The summed E-state index contributed by atoms with van der Waals surface area (Å²) in [4.78, 5) is 74.1. The number of nitrogens with two attached hydrogens (primary N) is 1. The van der Waals surface area contributed by atoms with Gasteiger partial charge in [-0.2, -0.15) is 5.26 Å². The maximum absolute atomic E-state index is 14.4. The highest BCUT2D eigenvalue weighted by molar-refractivity contribution is 6.31. The molecule has 0 spiro atoms. The van der Waals surface area contributed by atoms with Gasteiger partial charge in [0.2, 0.25) is 5.91 Å². The largest absolute Gasteiger partial charge is 0.490 e. The van der Waals surface area contributed by atoms with Crippen molar-refractivity contribution in [2.24, 2.45) is 22.5 Å². The maximum atomic E-state index is 14.4. The number of anilines is 1. The first-order valence-corrected chi connectivity index (χ1v) is 20.8. The molecule has 0 radical (unpaired) electrons. The number of aromatic nitrogens is 2. The number of likely N-dealkylation sites (tertiary alicyclic amines) is 1. The summed E-state index contributed by atoms with van der Waals surface area (Å²) >= 11 is 6.27. The molecule has 60 heavy (non-hydrogen) atoms. The van der Waals surface area contributed by atoms with E-state index in [4.69, 9.17) is 26.8 Å². The standard InChI is InChI=1S/C44H49ClN8O7/c1-23(2)51(22-24-20-50(21-24)35-13-11-33(37(47)55)48-49-35)26-15-29(16-26)59-27-9-10-30-31(17-27)39(57)52(38(30)56)34-12-14-36(54)53(40(34)58)41-43(3,4)42(44(41,5)6)60-28-8-7-25(19-46)32(45)18-28/h7-11,13,17-18,23-24,26,29,34,41-42H,12,14-16,20-22H2,1-6H3,(H2,47,55). The van der Waals surface area contributed by atoms with Gasteiger partial charge in [-0.25, -0.2) is 0 Å². The summed E-state index contributed by atoms with van der Waals surface area (Å²) in [6, 6.07) is 14.0. The molecule has 2 N–H and O–H groups in total. The van der Waals surface area contributed by atoms with Gasteiger partial charge in [0.05, 0.1) is 27.8 Å². The zero-order valence-corrected chi connectivity index (χ0v) is 35.3. The quantitative estimate of drug-likeness (QED) is 0.244. The Labute approximate surface area is 353 Å². The third-order valence-corrected chi connectivity index (χ3v) is 13.4. The molecule has 1 atom stereocenters. The minimum atomic E-state index is -1.14. The number of benzene rings is 2. The molecular formula is C44H49ClN8O7. The lowest BCUT2D eigenvalue weighted by atomic mass is 9.48. The fourth-order valence-electron chi connectivity index (χ4n) is 10.4. The molecule has 2 saturated heterocycles. The zero-order chi connectivity index (χ0) is 43.0. The molecular weight excluding hydrogens is 788 g/mol. The Morgan fingerprint density at radius 1 is 0.933 bits per heavy atom. The molecule has 1 aromatic heterocycles. The van der Waals surface area contributed by atoms with E-state index in [1.54, 1.807) is 48.5 Å². The van der Waals surface area contributed by atoms with Crippen LogP contribution in [0, 0.1) is 28.1 Å². The fourth-order valence-corrected chi connectivity index (χ4v) is 10.7. The third-order valence-electron chi connectivity index (χ3n) is 13.1. The molecule has 2 aromatic carbocycles. The van der Waals surface area contributed by atoms with E-state index in [2.05, 4.69) is 33.8 Å². The van der Waals surface area contributed by atoms with Crippen LogP contribution in [0.1, 0.15) is 104 Å². The molecule has 2 aliphatic carbocycles. The lowest BCUT2D eigenvalue weighted by Gasteiger charge is -2.65. The van der Waals surface area contributed by atoms with Crippen molar-refractivity contribution in [3.05, 3.63) is 75.9 Å². The van der Waals surface area contributed by atoms with Crippen molar-refractivity contribution in [2.45, 2.75) is 104 Å². The normalized spacial score (nSPS) is 25.7. The Hall–Kier alpha value is -5.59. The van der Waals surface area contributed by atoms with Crippen molar-refractivity contribution in [3.8, 4) is 17.6 Å². The van der Waals surface area contributed by atoms with Crippen molar-refractivity contribution in [1.82, 2.24) is 24.9 Å². The first-order chi connectivity index (χ1) is 28.4. The third kappa shape index (κ3) is 6.93. The van der Waals surface area contributed by atoms with Crippen LogP contribution in [0.25, 0.3) is 0 Å². The number of rotatable bonds is 12. The lowest BCUT2D eigenvalue weighted by Crippen LogP contribution is -2.77. The van der Waals surface area contributed by atoms with E-state index in [0.29, 0.717) is 35.1 Å². The second-order valence-electron chi connectivity index (χ2n) is 18.2. The van der Waals surface area contributed by atoms with Gasteiger partial charge in [-0.05, 0) is 62.7 Å². The van der Waals surface area contributed by atoms with Crippen LogP contribution in [0.5, 0.6) is 11.5 Å². The fraction of sp³-hybridized carbons (Fsp3) is 0.500. The number of nitriles is 1. The second-order valence-corrected chi connectivity index (χ2v) is 18.6. The Kier molecular flexibility index (Phi) is 10.4. The van der Waals surface area contributed by atoms with Crippen LogP contribution in [-0.4, -0.2) is 110 Å². The Morgan fingerprint density at radius 3 is 2.22 bits per heavy atom. The molecule has 5 amide bonds. The summed E-state index contributed by atoms with van der Waals surface area (Å²) in [5.41, 5.74) is 4.70. The summed E-state index contributed by atoms with van der Waals surface area (Å²) in [5.74, 6) is -0.584. The lowest BCUT2D eigenvalue weighted by molar-refractivity contribution is -0.216. The number of halogens is 1. The summed E-state index contributed by atoms with van der Waals surface area (Å²) in [6.07, 6.45) is 1.15. The number of fused-ring (bicyclic) bond motifs is 1. The zero-order valence-electron chi connectivity index (χ0n) is 34.6. The topological polar surface area (TPSA) is 192 Å². The number of imide groups is 2. The predicted molar refractivity (Wildman–Crippen MR) is 219 cm³/mol. The van der Waals surface area contributed by atoms with Gasteiger partial charge in [0.25, 0.3) is 23.6 Å². The van der Waals surface area contributed by atoms with E-state index < -0.39 is 52.6 Å². The first kappa shape index (κ1) is 41.2. The van der Waals surface area contributed by atoms with Gasteiger partial charge in [0, 0.05) is 73.8 Å². The molecule has 3 aromatic rings. The van der Waals surface area contributed by atoms with Crippen LogP contribution in [0.2, 0.25) is 5.02 Å². The maximum Gasteiger partial charge on any atom is 0.269 e. The number of carbonyl (C=O) groups excluding carboxylic acids is 5. The van der Waals surface area contributed by atoms with E-state index in [1.165, 1.54) is 4.90 Å². The van der Waals surface area contributed by atoms with Crippen molar-refractivity contribution in [2.75, 3.05) is 24.5 Å². The molecule has 0 bridgehead atoms. The van der Waals surface area contributed by atoms with Gasteiger partial charge in [-0.15, -0.1) is 10.2 Å². The first-order valence-electron chi connectivity index (χ1n) is 20.5. The monoisotopic (exact) mass is 836 g/mol. The van der Waals surface area contributed by atoms with E-state index in [9.17, 15) is 29.2 Å². The van der Waals surface area contributed by atoms with Gasteiger partial charge >= 0.3 is 0 Å². The molecule has 1 unspecified atom stereocenters. The number of nitrogens with zero attached hydrogens (tertiary/aromatic N) is 7. The van der Waals surface area contributed by atoms with Crippen LogP contribution in [0.15, 0.2) is 48.5 Å². The molecule has 4 fully saturated rings. The van der Waals surface area contributed by atoms with Gasteiger partial charge in [0.1, 0.15) is 35.8 Å². The SMILES string of the molecule is CC(C)N(CC1CN(c2ccc(C(N)=O)nn2)C1)C1CC(Oc2ccc3c(c2)C(=O)N(C2CCC(=O)N(C4C(C)(C)C(Oc5ccc(C#N)c(Cl)c5)C4(C)C)C2=O)C3=O)C1. The minimum Gasteiger partial charge on any atom is -0.490 e. The van der Waals surface area contributed by atoms with Crippen molar-refractivity contribution >= 4 is 47.0 Å². The highest BCUT2D eigenvalue weighted by atomic mass is 35.5. The van der Waals surface area contributed by atoms with Gasteiger partial charge in [0.15, 0.2) is 11.5 Å². The summed E-state index contributed by atoms with van der Waals surface area (Å²) in [6.45, 7) is 14.7. The highest BCUT2D eigenvalue weighted by Gasteiger charge is 2.68. The van der Waals surface area contributed by atoms with Crippen LogP contribution in [-0.2, 0) is 9.59 Å². The molecule has 8 rings (SSSR count). The van der Waals surface area contributed by atoms with Gasteiger partial charge in [-0.1, -0.05) is 39.3 Å². The molecule has 314 valence electrons. The molecule has 2 saturated carbocycles. The summed E-state index contributed by atoms with van der Waals surface area (Å²) < 4.78 is 12.7. The minimum absolute atomic E-state index is 0.00623. The van der Waals surface area contributed by atoms with E-state index in [-0.39, 0.29) is 46.7 Å². The number of ether oxygens (including phenoxy) is 2. The second kappa shape index (κ2) is 15.1. The number of amides is 5. The molecule has 4 heterocycles. The van der Waals surface area contributed by atoms with E-state index >= 15 is 0 Å². The molecule has 5 aliphatic rings. The van der Waals surface area contributed by atoms with Gasteiger partial charge in [-0.3, -0.25) is 38.7 Å². The average Bonchev–Trinajstić information content (AvgIpc) is 3.41. The van der Waals surface area contributed by atoms with Crippen molar-refractivity contribution in [3.63, 3.8) is 0 Å². The number of piperidine rings is 1. The number of hydrogen-bond donors (Lipinski definition) is 1. The molecule has 16 heteroatoms. The summed E-state index contributed by atoms with van der Waals surface area (Å²) in [5, 5.41) is 17.6. The number of hydrogen-bond acceptors (Lipinski definition) is 12. The van der Waals surface area contributed by atoms with Crippen LogP contribution in [0.4, 0.5) is 5.82 Å². The Morgan fingerprint density at radius 2 is 1.60 bits per heavy atom. The smallest absolute Gasteiger partial charge is 0.269 e. The van der Waals surface area contributed by atoms with E-state index in [0.717, 1.165) is 43.2 Å². The van der Waals surface area contributed by atoms with Gasteiger partial charge < -0.3 is 20.1 Å². The molecule has 15 nitrogen and oxygen atoms in total. The predicted octanol–water partition coefficient (Wildman–Crippen LogP) is 4.85. The highest BCUT2D eigenvalue weighted by Crippen LogP contribution is 2.58. The number of primary amides is 1. The number of carbonyl (C=O) groups is 5. The van der Waals surface area contributed by atoms with E-state index in [1.807, 2.05) is 33.8 Å². The summed E-state index contributed by atoms with van der Waals surface area (Å²) in [7, 11) is 0.